The Hall–Kier alpha value is -0.0500. The maximum absolute atomic E-state index is 3.49. The normalized spacial score (nSPS) is 10.0. The molecule has 0 spiro atoms. The van der Waals surface area contributed by atoms with Crippen LogP contribution in [0.3, 0.4) is 0 Å². The zero-order chi connectivity index (χ0) is 11.6. The number of unbranched alkanes of at least 4 members (excludes halogenated alkanes) is 4. The van der Waals surface area contributed by atoms with Crippen molar-refractivity contribution < 1.29 is 0 Å². The Morgan fingerprint density at radius 1 is 1.12 bits per heavy atom. The highest BCUT2D eigenvalue weighted by atomic mass is 79.9. The lowest BCUT2D eigenvalue weighted by molar-refractivity contribution is 0.583. The van der Waals surface area contributed by atoms with Gasteiger partial charge in [0.15, 0.2) is 0 Å². The third kappa shape index (κ3) is 8.64. The molecule has 0 saturated heterocycles. The molecule has 0 amide bonds. The van der Waals surface area contributed by atoms with Gasteiger partial charge in [0.1, 0.15) is 0 Å². The summed E-state index contributed by atoms with van der Waals surface area (Å²) in [7, 11) is 0. The largest absolute Gasteiger partial charge is 0.313 e. The summed E-state index contributed by atoms with van der Waals surface area (Å²) in [6.07, 6.45) is 6.75. The molecule has 1 rings (SSSR count). The molecule has 0 aliphatic carbocycles. The van der Waals surface area contributed by atoms with E-state index in [9.17, 15) is 0 Å². The summed E-state index contributed by atoms with van der Waals surface area (Å²) in [6.45, 7) is 4.37. The lowest BCUT2D eigenvalue weighted by atomic mass is 10.1. The predicted octanol–water partition coefficient (Wildman–Crippen LogP) is 4.93. The van der Waals surface area contributed by atoms with Gasteiger partial charge in [-0.15, -0.1) is 12.4 Å². The minimum absolute atomic E-state index is 0. The topological polar surface area (TPSA) is 12.0 Å². The van der Waals surface area contributed by atoms with E-state index in [1.165, 1.54) is 37.7 Å². The molecule has 0 unspecified atom stereocenters. The van der Waals surface area contributed by atoms with E-state index < -0.39 is 0 Å². The van der Waals surface area contributed by atoms with E-state index in [1.807, 2.05) is 0 Å². The van der Waals surface area contributed by atoms with E-state index in [1.54, 1.807) is 0 Å². The van der Waals surface area contributed by atoms with Gasteiger partial charge >= 0.3 is 0 Å². The van der Waals surface area contributed by atoms with Gasteiger partial charge in [0.25, 0.3) is 0 Å². The third-order valence-corrected chi connectivity index (χ3v) is 3.17. The quantitative estimate of drug-likeness (QED) is 0.670. The van der Waals surface area contributed by atoms with Crippen molar-refractivity contribution in [3.8, 4) is 0 Å². The van der Waals surface area contributed by atoms with Crippen LogP contribution >= 0.6 is 28.3 Å². The molecule has 0 fully saturated rings. The van der Waals surface area contributed by atoms with Crippen LogP contribution in [0.25, 0.3) is 0 Å². The Morgan fingerprint density at radius 2 is 1.88 bits per heavy atom. The fourth-order valence-corrected chi connectivity index (χ4v) is 2.18. The van der Waals surface area contributed by atoms with Crippen molar-refractivity contribution >= 4 is 28.3 Å². The van der Waals surface area contributed by atoms with Crippen molar-refractivity contribution in [3.63, 3.8) is 0 Å². The van der Waals surface area contributed by atoms with Crippen LogP contribution in [0.2, 0.25) is 0 Å². The summed E-state index contributed by atoms with van der Waals surface area (Å²) in [5.74, 6) is 0. The Kier molecular flexibility index (Phi) is 11.0. The van der Waals surface area contributed by atoms with E-state index in [0.717, 1.165) is 17.6 Å². The molecule has 1 aromatic rings. The summed E-state index contributed by atoms with van der Waals surface area (Å²) < 4.78 is 1.16. The van der Waals surface area contributed by atoms with Crippen molar-refractivity contribution in [1.82, 2.24) is 5.32 Å². The van der Waals surface area contributed by atoms with Crippen LogP contribution in [0.1, 0.15) is 44.6 Å². The molecule has 3 heteroatoms. The Balaban J connectivity index is 0.00000256. The van der Waals surface area contributed by atoms with Gasteiger partial charge in [0.05, 0.1) is 0 Å². The van der Waals surface area contributed by atoms with Gasteiger partial charge in [-0.3, -0.25) is 0 Å². The van der Waals surface area contributed by atoms with Crippen molar-refractivity contribution in [2.24, 2.45) is 0 Å². The van der Waals surface area contributed by atoms with Crippen LogP contribution in [-0.4, -0.2) is 6.54 Å². The molecule has 17 heavy (non-hydrogen) atoms. The van der Waals surface area contributed by atoms with Gasteiger partial charge in [-0.2, -0.15) is 0 Å². The molecule has 98 valence electrons. The predicted molar refractivity (Wildman–Crippen MR) is 81.9 cm³/mol. The second-order valence-corrected chi connectivity index (χ2v) is 5.14. The van der Waals surface area contributed by atoms with Crippen LogP contribution in [-0.2, 0) is 6.54 Å². The second-order valence-electron chi connectivity index (χ2n) is 4.22. The number of rotatable bonds is 8. The first-order valence-electron chi connectivity index (χ1n) is 6.28. The molecule has 0 aromatic heterocycles. The van der Waals surface area contributed by atoms with E-state index in [4.69, 9.17) is 0 Å². The molecule has 1 N–H and O–H groups in total. The standard InChI is InChI=1S/C14H22BrN.ClH/c1-2-3-4-5-6-10-16-12-13-8-7-9-14(15)11-13;/h7-9,11,16H,2-6,10,12H2,1H3;1H. The van der Waals surface area contributed by atoms with Crippen LogP contribution in [0.5, 0.6) is 0 Å². The molecule has 1 nitrogen and oxygen atoms in total. The fraction of sp³-hybridized carbons (Fsp3) is 0.571. The molecule has 0 radical (unpaired) electrons. The SMILES string of the molecule is CCCCCCCNCc1cccc(Br)c1.Cl. The number of hydrogen-bond acceptors (Lipinski definition) is 1. The molecule has 0 saturated carbocycles. The molecule has 0 bridgehead atoms. The zero-order valence-corrected chi connectivity index (χ0v) is 12.9. The number of halogens is 2. The smallest absolute Gasteiger partial charge is 0.0205 e. The van der Waals surface area contributed by atoms with Gasteiger partial charge in [0, 0.05) is 11.0 Å². The van der Waals surface area contributed by atoms with Gasteiger partial charge < -0.3 is 5.32 Å². The van der Waals surface area contributed by atoms with Gasteiger partial charge in [-0.25, -0.2) is 0 Å². The van der Waals surface area contributed by atoms with Crippen molar-refractivity contribution in [1.29, 1.82) is 0 Å². The highest BCUT2D eigenvalue weighted by Gasteiger charge is 1.93. The average Bonchev–Trinajstić information content (AvgIpc) is 2.28. The summed E-state index contributed by atoms with van der Waals surface area (Å²) in [5.41, 5.74) is 1.35. The van der Waals surface area contributed by atoms with Crippen molar-refractivity contribution in [3.05, 3.63) is 34.3 Å². The molecule has 0 heterocycles. The van der Waals surface area contributed by atoms with Crippen LogP contribution in [0.15, 0.2) is 28.7 Å². The lowest BCUT2D eigenvalue weighted by Crippen LogP contribution is -2.14. The van der Waals surface area contributed by atoms with Gasteiger partial charge in [-0.05, 0) is 30.7 Å². The van der Waals surface area contributed by atoms with E-state index in [2.05, 4.69) is 52.4 Å². The average molecular weight is 321 g/mol. The van der Waals surface area contributed by atoms with Crippen molar-refractivity contribution in [2.45, 2.75) is 45.6 Å². The van der Waals surface area contributed by atoms with E-state index in [-0.39, 0.29) is 12.4 Å². The number of nitrogens with one attached hydrogen (secondary N) is 1. The third-order valence-electron chi connectivity index (χ3n) is 2.68. The van der Waals surface area contributed by atoms with E-state index in [0.29, 0.717) is 0 Å². The Labute approximate surface area is 120 Å². The van der Waals surface area contributed by atoms with Gasteiger partial charge in [-0.1, -0.05) is 60.7 Å². The first kappa shape index (κ1) is 16.9. The number of benzene rings is 1. The van der Waals surface area contributed by atoms with E-state index >= 15 is 0 Å². The minimum atomic E-state index is 0. The Bertz CT molecular complexity index is 291. The highest BCUT2D eigenvalue weighted by molar-refractivity contribution is 9.10. The fourth-order valence-electron chi connectivity index (χ4n) is 1.73. The minimum Gasteiger partial charge on any atom is -0.313 e. The molecular formula is C14H23BrClN. The Morgan fingerprint density at radius 3 is 2.59 bits per heavy atom. The molecule has 1 aromatic carbocycles. The second kappa shape index (κ2) is 11.1. The summed E-state index contributed by atoms with van der Waals surface area (Å²) >= 11 is 3.49. The number of hydrogen-bond donors (Lipinski definition) is 1. The lowest BCUT2D eigenvalue weighted by Gasteiger charge is -2.05. The molecule has 0 atom stereocenters. The van der Waals surface area contributed by atoms with Crippen LogP contribution < -0.4 is 5.32 Å². The molecule has 0 aliphatic heterocycles. The van der Waals surface area contributed by atoms with Crippen LogP contribution in [0.4, 0.5) is 0 Å². The first-order chi connectivity index (χ1) is 7.83. The van der Waals surface area contributed by atoms with Crippen LogP contribution in [0, 0.1) is 0 Å². The summed E-state index contributed by atoms with van der Waals surface area (Å²) in [6, 6.07) is 8.48. The molecule has 0 aliphatic rings. The molecular weight excluding hydrogens is 298 g/mol. The maximum Gasteiger partial charge on any atom is 0.0205 e. The van der Waals surface area contributed by atoms with Gasteiger partial charge in [0.2, 0.25) is 0 Å². The van der Waals surface area contributed by atoms with Crippen molar-refractivity contribution in [2.75, 3.05) is 6.54 Å². The summed E-state index contributed by atoms with van der Waals surface area (Å²) in [5, 5.41) is 3.48. The maximum atomic E-state index is 3.49. The zero-order valence-electron chi connectivity index (χ0n) is 10.5. The monoisotopic (exact) mass is 319 g/mol. The summed E-state index contributed by atoms with van der Waals surface area (Å²) in [4.78, 5) is 0. The highest BCUT2D eigenvalue weighted by Crippen LogP contribution is 2.11. The first-order valence-corrected chi connectivity index (χ1v) is 7.07.